The first-order chi connectivity index (χ1) is 10.1. The predicted octanol–water partition coefficient (Wildman–Crippen LogP) is 3.08. The molecule has 1 atom stereocenters. The highest BCUT2D eigenvalue weighted by Gasteiger charge is 2.34. The van der Waals surface area contributed by atoms with Gasteiger partial charge < -0.3 is 14.6 Å². The molecule has 1 N–H and O–H groups in total. The standard InChI is InChI=1S/C18H20O3/c1-20-16-5-3-4-15(11-16)18(19)9-8-13-6-7-17(21-2)10-14(13)12-18/h3-7,10-11,19H,8-9,12H2,1-2H3. The first-order valence-electron chi connectivity index (χ1n) is 7.17. The second kappa shape index (κ2) is 5.41. The molecule has 1 aliphatic carbocycles. The third-order valence-electron chi connectivity index (χ3n) is 4.31. The molecule has 0 saturated heterocycles. The number of fused-ring (bicyclic) bond motifs is 1. The van der Waals surface area contributed by atoms with Crippen molar-refractivity contribution in [3.8, 4) is 11.5 Å². The third-order valence-corrected chi connectivity index (χ3v) is 4.31. The lowest BCUT2D eigenvalue weighted by Gasteiger charge is -2.34. The fourth-order valence-electron chi connectivity index (χ4n) is 3.04. The van der Waals surface area contributed by atoms with Crippen LogP contribution in [0.15, 0.2) is 42.5 Å². The van der Waals surface area contributed by atoms with Crippen molar-refractivity contribution < 1.29 is 14.6 Å². The Labute approximate surface area is 125 Å². The molecule has 1 unspecified atom stereocenters. The fourth-order valence-corrected chi connectivity index (χ4v) is 3.04. The number of aliphatic hydroxyl groups is 1. The number of benzene rings is 2. The smallest absolute Gasteiger partial charge is 0.119 e. The lowest BCUT2D eigenvalue weighted by Crippen LogP contribution is -2.33. The van der Waals surface area contributed by atoms with Gasteiger partial charge in [0.1, 0.15) is 11.5 Å². The van der Waals surface area contributed by atoms with E-state index in [1.165, 1.54) is 5.56 Å². The summed E-state index contributed by atoms with van der Waals surface area (Å²) >= 11 is 0. The van der Waals surface area contributed by atoms with E-state index < -0.39 is 5.60 Å². The molecule has 0 bridgehead atoms. The lowest BCUT2D eigenvalue weighted by atomic mass is 9.76. The van der Waals surface area contributed by atoms with Crippen molar-refractivity contribution in [2.45, 2.75) is 24.9 Å². The minimum atomic E-state index is -0.839. The topological polar surface area (TPSA) is 38.7 Å². The summed E-state index contributed by atoms with van der Waals surface area (Å²) in [5.41, 5.74) is 2.53. The van der Waals surface area contributed by atoms with Crippen LogP contribution in [0.3, 0.4) is 0 Å². The normalized spacial score (nSPS) is 20.7. The van der Waals surface area contributed by atoms with Crippen molar-refractivity contribution >= 4 is 0 Å². The Morgan fingerprint density at radius 2 is 1.71 bits per heavy atom. The molecule has 0 saturated carbocycles. The summed E-state index contributed by atoms with van der Waals surface area (Å²) in [7, 11) is 3.31. The highest BCUT2D eigenvalue weighted by molar-refractivity contribution is 5.41. The van der Waals surface area contributed by atoms with Crippen molar-refractivity contribution in [1.29, 1.82) is 0 Å². The summed E-state index contributed by atoms with van der Waals surface area (Å²) in [6.07, 6.45) is 2.19. The van der Waals surface area contributed by atoms with Gasteiger partial charge in [-0.05, 0) is 53.8 Å². The number of hydrogen-bond donors (Lipinski definition) is 1. The van der Waals surface area contributed by atoms with Crippen LogP contribution in [0.5, 0.6) is 11.5 Å². The first kappa shape index (κ1) is 14.0. The molecule has 0 fully saturated rings. The van der Waals surface area contributed by atoms with Crippen LogP contribution in [0.2, 0.25) is 0 Å². The van der Waals surface area contributed by atoms with Gasteiger partial charge in [0.25, 0.3) is 0 Å². The summed E-state index contributed by atoms with van der Waals surface area (Å²) in [5.74, 6) is 1.61. The molecule has 110 valence electrons. The van der Waals surface area contributed by atoms with Gasteiger partial charge in [-0.2, -0.15) is 0 Å². The van der Waals surface area contributed by atoms with Gasteiger partial charge in [-0.25, -0.2) is 0 Å². The quantitative estimate of drug-likeness (QED) is 0.941. The van der Waals surface area contributed by atoms with Gasteiger partial charge in [-0.15, -0.1) is 0 Å². The van der Waals surface area contributed by atoms with Gasteiger partial charge in [0, 0.05) is 6.42 Å². The number of methoxy groups -OCH3 is 2. The largest absolute Gasteiger partial charge is 0.497 e. The molecule has 0 radical (unpaired) electrons. The van der Waals surface area contributed by atoms with Crippen LogP contribution in [0.25, 0.3) is 0 Å². The fraction of sp³-hybridized carbons (Fsp3) is 0.333. The molecular formula is C18H20O3. The molecule has 2 aromatic rings. The van der Waals surface area contributed by atoms with Crippen molar-refractivity contribution in [3.63, 3.8) is 0 Å². The molecule has 3 nitrogen and oxygen atoms in total. The van der Waals surface area contributed by atoms with Crippen LogP contribution in [-0.2, 0) is 18.4 Å². The van der Waals surface area contributed by atoms with Crippen LogP contribution >= 0.6 is 0 Å². The second-order valence-electron chi connectivity index (χ2n) is 5.57. The van der Waals surface area contributed by atoms with E-state index in [4.69, 9.17) is 9.47 Å². The SMILES string of the molecule is COc1cccc(C2(O)CCc3ccc(OC)cc3C2)c1. The zero-order chi connectivity index (χ0) is 14.9. The molecule has 0 heterocycles. The van der Waals surface area contributed by atoms with Crippen LogP contribution in [0, 0.1) is 0 Å². The summed E-state index contributed by atoms with van der Waals surface area (Å²) in [6, 6.07) is 13.8. The minimum absolute atomic E-state index is 0.604. The van der Waals surface area contributed by atoms with Gasteiger partial charge in [0.05, 0.1) is 19.8 Å². The average molecular weight is 284 g/mol. The maximum atomic E-state index is 11.1. The number of aryl methyl sites for hydroxylation is 1. The molecule has 2 aromatic carbocycles. The molecule has 0 spiro atoms. The van der Waals surface area contributed by atoms with Gasteiger partial charge >= 0.3 is 0 Å². The maximum Gasteiger partial charge on any atom is 0.119 e. The number of ether oxygens (including phenoxy) is 2. The second-order valence-corrected chi connectivity index (χ2v) is 5.57. The van der Waals surface area contributed by atoms with Crippen LogP contribution in [0.4, 0.5) is 0 Å². The van der Waals surface area contributed by atoms with Crippen LogP contribution in [-0.4, -0.2) is 19.3 Å². The van der Waals surface area contributed by atoms with E-state index in [9.17, 15) is 5.11 Å². The van der Waals surface area contributed by atoms with Gasteiger partial charge in [-0.1, -0.05) is 18.2 Å². The van der Waals surface area contributed by atoms with E-state index in [0.717, 1.165) is 35.5 Å². The van der Waals surface area contributed by atoms with Gasteiger partial charge in [-0.3, -0.25) is 0 Å². The van der Waals surface area contributed by atoms with E-state index in [-0.39, 0.29) is 0 Å². The Morgan fingerprint density at radius 1 is 0.952 bits per heavy atom. The minimum Gasteiger partial charge on any atom is -0.497 e. The molecular weight excluding hydrogens is 264 g/mol. The third kappa shape index (κ3) is 2.61. The summed E-state index contributed by atoms with van der Waals surface area (Å²) in [4.78, 5) is 0. The lowest BCUT2D eigenvalue weighted by molar-refractivity contribution is 0.0220. The molecule has 0 amide bonds. The highest BCUT2D eigenvalue weighted by Crippen LogP contribution is 2.38. The summed E-state index contributed by atoms with van der Waals surface area (Å²) in [6.45, 7) is 0. The van der Waals surface area contributed by atoms with Gasteiger partial charge in [0.2, 0.25) is 0 Å². The molecule has 3 rings (SSSR count). The Morgan fingerprint density at radius 3 is 2.48 bits per heavy atom. The Bertz CT molecular complexity index is 651. The van der Waals surface area contributed by atoms with Crippen molar-refractivity contribution in [3.05, 3.63) is 59.2 Å². The highest BCUT2D eigenvalue weighted by atomic mass is 16.5. The summed E-state index contributed by atoms with van der Waals surface area (Å²) in [5, 5.41) is 11.1. The molecule has 1 aliphatic rings. The van der Waals surface area contributed by atoms with E-state index in [0.29, 0.717) is 6.42 Å². The van der Waals surface area contributed by atoms with Crippen molar-refractivity contribution in [2.75, 3.05) is 14.2 Å². The summed E-state index contributed by atoms with van der Waals surface area (Å²) < 4.78 is 10.6. The van der Waals surface area contributed by atoms with Crippen LogP contribution in [0.1, 0.15) is 23.1 Å². The molecule has 0 aliphatic heterocycles. The van der Waals surface area contributed by atoms with E-state index >= 15 is 0 Å². The molecule has 0 aromatic heterocycles. The Hall–Kier alpha value is -2.00. The van der Waals surface area contributed by atoms with Crippen molar-refractivity contribution in [2.24, 2.45) is 0 Å². The predicted molar refractivity (Wildman–Crippen MR) is 81.9 cm³/mol. The molecule has 3 heteroatoms. The Balaban J connectivity index is 1.96. The van der Waals surface area contributed by atoms with E-state index in [1.807, 2.05) is 36.4 Å². The number of hydrogen-bond acceptors (Lipinski definition) is 3. The Kier molecular flexibility index (Phi) is 3.60. The monoisotopic (exact) mass is 284 g/mol. The zero-order valence-electron chi connectivity index (χ0n) is 12.4. The van der Waals surface area contributed by atoms with Crippen molar-refractivity contribution in [1.82, 2.24) is 0 Å². The van der Waals surface area contributed by atoms with E-state index in [1.54, 1.807) is 14.2 Å². The molecule has 21 heavy (non-hydrogen) atoms. The number of rotatable bonds is 3. The van der Waals surface area contributed by atoms with Crippen LogP contribution < -0.4 is 9.47 Å². The zero-order valence-corrected chi connectivity index (χ0v) is 12.4. The average Bonchev–Trinajstić information content (AvgIpc) is 2.54. The maximum absolute atomic E-state index is 11.1. The van der Waals surface area contributed by atoms with E-state index in [2.05, 4.69) is 6.07 Å². The first-order valence-corrected chi connectivity index (χ1v) is 7.17. The van der Waals surface area contributed by atoms with Gasteiger partial charge in [0.15, 0.2) is 0 Å².